The average Bonchev–Trinajstić information content (AvgIpc) is 2.98. The molecule has 32 heavy (non-hydrogen) atoms. The number of nitrogens with one attached hydrogen (secondary N) is 1. The minimum atomic E-state index is -0.0227. The largest absolute Gasteiger partial charge is 0.341 e. The Kier molecular flexibility index (Phi) is 8.88. The van der Waals surface area contributed by atoms with E-state index in [4.69, 9.17) is 23.2 Å². The summed E-state index contributed by atoms with van der Waals surface area (Å²) in [5, 5.41) is 4.24. The molecular formula is C24H29Cl2N3O2S. The number of benzene rings is 2. The number of hydrogen-bond acceptors (Lipinski definition) is 4. The normalized spacial score (nSPS) is 14.8. The molecule has 1 heterocycles. The van der Waals surface area contributed by atoms with Gasteiger partial charge in [-0.2, -0.15) is 0 Å². The molecule has 3 rings (SSSR count). The van der Waals surface area contributed by atoms with Gasteiger partial charge >= 0.3 is 0 Å². The van der Waals surface area contributed by atoms with Crippen molar-refractivity contribution in [3.8, 4) is 0 Å². The fourth-order valence-corrected chi connectivity index (χ4v) is 5.21. The number of halogens is 2. The first kappa shape index (κ1) is 24.9. The molecule has 0 bridgehead atoms. The van der Waals surface area contributed by atoms with Crippen LogP contribution in [0, 0.1) is 20.8 Å². The Labute approximate surface area is 204 Å². The summed E-state index contributed by atoms with van der Waals surface area (Å²) in [4.78, 5) is 30.2. The van der Waals surface area contributed by atoms with Gasteiger partial charge in [0.15, 0.2) is 0 Å². The molecule has 0 aliphatic carbocycles. The van der Waals surface area contributed by atoms with E-state index >= 15 is 0 Å². The van der Waals surface area contributed by atoms with Gasteiger partial charge < -0.3 is 10.2 Å². The van der Waals surface area contributed by atoms with Gasteiger partial charge in [-0.05, 0) is 56.0 Å². The number of rotatable bonds is 6. The van der Waals surface area contributed by atoms with E-state index in [9.17, 15) is 9.59 Å². The third-order valence-corrected chi connectivity index (χ3v) is 7.49. The van der Waals surface area contributed by atoms with Gasteiger partial charge in [0.05, 0.1) is 17.3 Å². The first-order valence-electron chi connectivity index (χ1n) is 10.7. The number of anilines is 1. The number of amides is 2. The monoisotopic (exact) mass is 493 g/mol. The molecular weight excluding hydrogens is 465 g/mol. The molecule has 172 valence electrons. The number of carbonyl (C=O) groups is 2. The van der Waals surface area contributed by atoms with Gasteiger partial charge in [0.1, 0.15) is 0 Å². The van der Waals surface area contributed by atoms with Crippen molar-refractivity contribution >= 4 is 52.5 Å². The van der Waals surface area contributed by atoms with Crippen LogP contribution in [0.25, 0.3) is 0 Å². The number of thioether (sulfide) groups is 1. The van der Waals surface area contributed by atoms with E-state index in [1.807, 2.05) is 49.9 Å². The molecule has 1 aliphatic rings. The fraction of sp³-hybridized carbons (Fsp3) is 0.417. The lowest BCUT2D eigenvalue weighted by Crippen LogP contribution is -2.38. The summed E-state index contributed by atoms with van der Waals surface area (Å²) in [6, 6.07) is 9.62. The maximum Gasteiger partial charge on any atom is 0.238 e. The van der Waals surface area contributed by atoms with Gasteiger partial charge in [0.25, 0.3) is 0 Å². The SMILES string of the molecule is Cc1cc(SCC(=O)N2CCCN(CC(=O)Nc3c(C)cccc3C)CC2)c(Cl)cc1Cl. The maximum atomic E-state index is 12.8. The molecule has 0 aromatic heterocycles. The number of hydrogen-bond donors (Lipinski definition) is 1. The number of nitrogens with zero attached hydrogens (tertiary/aromatic N) is 2. The van der Waals surface area contributed by atoms with E-state index < -0.39 is 0 Å². The third-order valence-electron chi connectivity index (χ3n) is 5.62. The zero-order valence-electron chi connectivity index (χ0n) is 18.7. The highest BCUT2D eigenvalue weighted by molar-refractivity contribution is 8.00. The van der Waals surface area contributed by atoms with Gasteiger partial charge in [0, 0.05) is 41.8 Å². The first-order valence-corrected chi connectivity index (χ1v) is 12.4. The summed E-state index contributed by atoms with van der Waals surface area (Å²) in [5.74, 6) is 0.388. The molecule has 1 fully saturated rings. The highest BCUT2D eigenvalue weighted by Crippen LogP contribution is 2.32. The highest BCUT2D eigenvalue weighted by atomic mass is 35.5. The van der Waals surface area contributed by atoms with Crippen molar-refractivity contribution in [2.75, 3.05) is 43.8 Å². The van der Waals surface area contributed by atoms with Crippen LogP contribution in [0.1, 0.15) is 23.1 Å². The van der Waals surface area contributed by atoms with Gasteiger partial charge in [-0.1, -0.05) is 41.4 Å². The Hall–Kier alpha value is -1.73. The molecule has 0 spiro atoms. The molecule has 0 radical (unpaired) electrons. The molecule has 0 unspecified atom stereocenters. The molecule has 0 saturated carbocycles. The molecule has 2 aromatic carbocycles. The first-order chi connectivity index (χ1) is 15.2. The lowest BCUT2D eigenvalue weighted by atomic mass is 10.1. The summed E-state index contributed by atoms with van der Waals surface area (Å²) in [5.41, 5.74) is 3.94. The molecule has 5 nitrogen and oxygen atoms in total. The molecule has 0 atom stereocenters. The smallest absolute Gasteiger partial charge is 0.238 e. The standard InChI is InChI=1S/C24H29Cl2N3O2S/c1-16-6-4-7-17(2)24(16)27-22(30)14-28-8-5-9-29(11-10-28)23(31)15-32-21-12-18(3)19(25)13-20(21)26/h4,6-7,12-13H,5,8-11,14-15H2,1-3H3,(H,27,30). The number of carbonyl (C=O) groups excluding carboxylic acids is 2. The lowest BCUT2D eigenvalue weighted by molar-refractivity contribution is -0.128. The zero-order valence-corrected chi connectivity index (χ0v) is 21.0. The predicted molar refractivity (Wildman–Crippen MR) is 134 cm³/mol. The molecule has 1 aliphatic heterocycles. The maximum absolute atomic E-state index is 12.8. The van der Waals surface area contributed by atoms with Crippen molar-refractivity contribution in [1.29, 1.82) is 0 Å². The van der Waals surface area contributed by atoms with Gasteiger partial charge in [-0.15, -0.1) is 11.8 Å². The van der Waals surface area contributed by atoms with Crippen LogP contribution in [0.2, 0.25) is 10.0 Å². The lowest BCUT2D eigenvalue weighted by Gasteiger charge is -2.22. The minimum Gasteiger partial charge on any atom is -0.341 e. The van der Waals surface area contributed by atoms with Crippen molar-refractivity contribution in [2.24, 2.45) is 0 Å². The molecule has 1 N–H and O–H groups in total. The van der Waals surface area contributed by atoms with E-state index in [1.54, 1.807) is 6.07 Å². The second kappa shape index (κ2) is 11.4. The summed E-state index contributed by atoms with van der Waals surface area (Å²) < 4.78 is 0. The molecule has 2 aromatic rings. The van der Waals surface area contributed by atoms with Gasteiger partial charge in [0.2, 0.25) is 11.8 Å². The van der Waals surface area contributed by atoms with Crippen LogP contribution in [0.15, 0.2) is 35.2 Å². The van der Waals surface area contributed by atoms with Crippen molar-refractivity contribution in [1.82, 2.24) is 9.80 Å². The van der Waals surface area contributed by atoms with E-state index in [0.717, 1.165) is 40.2 Å². The second-order valence-electron chi connectivity index (χ2n) is 8.15. The van der Waals surface area contributed by atoms with Crippen molar-refractivity contribution in [2.45, 2.75) is 32.1 Å². The Morgan fingerprint density at radius 2 is 1.69 bits per heavy atom. The highest BCUT2D eigenvalue weighted by Gasteiger charge is 2.21. The second-order valence-corrected chi connectivity index (χ2v) is 9.98. The Bertz CT molecular complexity index is 979. The predicted octanol–water partition coefficient (Wildman–Crippen LogP) is 5.18. The summed E-state index contributed by atoms with van der Waals surface area (Å²) >= 11 is 13.8. The summed E-state index contributed by atoms with van der Waals surface area (Å²) in [6.45, 7) is 9.01. The van der Waals surface area contributed by atoms with Crippen LogP contribution in [-0.4, -0.2) is 60.1 Å². The quantitative estimate of drug-likeness (QED) is 0.562. The van der Waals surface area contributed by atoms with Gasteiger partial charge in [-0.25, -0.2) is 0 Å². The number of para-hydroxylation sites is 1. The van der Waals surface area contributed by atoms with E-state index in [1.165, 1.54) is 11.8 Å². The van der Waals surface area contributed by atoms with Crippen LogP contribution in [0.5, 0.6) is 0 Å². The van der Waals surface area contributed by atoms with Crippen LogP contribution in [0.3, 0.4) is 0 Å². The summed E-state index contributed by atoms with van der Waals surface area (Å²) in [7, 11) is 0. The Morgan fingerprint density at radius 1 is 0.969 bits per heavy atom. The van der Waals surface area contributed by atoms with Gasteiger partial charge in [-0.3, -0.25) is 14.5 Å². The van der Waals surface area contributed by atoms with Crippen molar-refractivity contribution in [3.63, 3.8) is 0 Å². The fourth-order valence-electron chi connectivity index (χ4n) is 3.74. The van der Waals surface area contributed by atoms with Crippen molar-refractivity contribution < 1.29 is 9.59 Å². The number of aryl methyl sites for hydroxylation is 3. The van der Waals surface area contributed by atoms with Crippen molar-refractivity contribution in [3.05, 3.63) is 57.1 Å². The van der Waals surface area contributed by atoms with Crippen LogP contribution >= 0.6 is 35.0 Å². The zero-order chi connectivity index (χ0) is 23.3. The minimum absolute atomic E-state index is 0.0227. The summed E-state index contributed by atoms with van der Waals surface area (Å²) in [6.07, 6.45) is 0.841. The average molecular weight is 494 g/mol. The van der Waals surface area contributed by atoms with E-state index in [2.05, 4.69) is 10.2 Å². The van der Waals surface area contributed by atoms with Crippen LogP contribution in [-0.2, 0) is 9.59 Å². The Balaban J connectivity index is 1.49. The van der Waals surface area contributed by atoms with E-state index in [-0.39, 0.29) is 11.8 Å². The third kappa shape index (κ3) is 6.64. The van der Waals surface area contributed by atoms with E-state index in [0.29, 0.717) is 42.0 Å². The topological polar surface area (TPSA) is 52.7 Å². The molecule has 8 heteroatoms. The molecule has 2 amide bonds. The Morgan fingerprint density at radius 3 is 2.41 bits per heavy atom. The van der Waals surface area contributed by atoms with Crippen LogP contribution in [0.4, 0.5) is 5.69 Å². The molecule has 1 saturated heterocycles. The van der Waals surface area contributed by atoms with Crippen LogP contribution < -0.4 is 5.32 Å².